The van der Waals surface area contributed by atoms with E-state index in [1.54, 1.807) is 99.6 Å². The zero-order chi connectivity index (χ0) is 29.7. The summed E-state index contributed by atoms with van der Waals surface area (Å²) in [6.07, 6.45) is -0.0206. The number of aliphatic carboxylic acids is 1. The number of carboxylic acid groups (broad SMARTS) is 1. The molecule has 0 heterocycles. The number of hydrogen-bond donors (Lipinski definition) is 1. The molecule has 0 bridgehead atoms. The highest BCUT2D eigenvalue weighted by Gasteiger charge is 2.38. The van der Waals surface area contributed by atoms with E-state index in [1.807, 2.05) is 12.1 Å². The maximum Gasteiger partial charge on any atom is 0.322 e. The summed E-state index contributed by atoms with van der Waals surface area (Å²) in [6.45, 7) is 4.96. The zero-order valence-electron chi connectivity index (χ0n) is 23.5. The summed E-state index contributed by atoms with van der Waals surface area (Å²) >= 11 is 0. The summed E-state index contributed by atoms with van der Waals surface area (Å²) in [7, 11) is -2.79. The Balaban J connectivity index is 1.79. The van der Waals surface area contributed by atoms with Crippen molar-refractivity contribution >= 4 is 21.8 Å². The van der Waals surface area contributed by atoms with Crippen molar-refractivity contribution in [2.24, 2.45) is 0 Å². The SMILES string of the molecule is COc1cc(C)c(S(=O)(=O)N(Cc2ccc(C(=O)c3ccccc3)cc2)[C@@H](Cc2ccccc2)C(=O)O)c(C)c1C. The second-order valence-corrected chi connectivity index (χ2v) is 11.8. The van der Waals surface area contributed by atoms with Crippen molar-refractivity contribution in [3.63, 3.8) is 0 Å². The van der Waals surface area contributed by atoms with E-state index >= 15 is 0 Å². The van der Waals surface area contributed by atoms with Crippen molar-refractivity contribution in [1.82, 2.24) is 4.31 Å². The number of carbonyl (C=O) groups is 2. The van der Waals surface area contributed by atoms with Gasteiger partial charge in [0.25, 0.3) is 0 Å². The molecule has 0 saturated heterocycles. The van der Waals surface area contributed by atoms with Crippen LogP contribution in [-0.2, 0) is 27.8 Å². The van der Waals surface area contributed by atoms with E-state index < -0.39 is 22.0 Å². The fourth-order valence-electron chi connectivity index (χ4n) is 4.96. The molecule has 0 radical (unpaired) electrons. The van der Waals surface area contributed by atoms with E-state index in [4.69, 9.17) is 4.74 Å². The number of benzene rings is 4. The number of aryl methyl sites for hydroxylation is 1. The average Bonchev–Trinajstić information content (AvgIpc) is 2.97. The molecule has 0 amide bonds. The number of hydrogen-bond acceptors (Lipinski definition) is 5. The molecule has 0 unspecified atom stereocenters. The van der Waals surface area contributed by atoms with Gasteiger partial charge in [-0.1, -0.05) is 84.9 Å². The Morgan fingerprint density at radius 1 is 0.805 bits per heavy atom. The third-order valence-corrected chi connectivity index (χ3v) is 9.41. The van der Waals surface area contributed by atoms with Crippen molar-refractivity contribution in [3.8, 4) is 5.75 Å². The Morgan fingerprint density at radius 2 is 1.37 bits per heavy atom. The minimum absolute atomic E-state index is 0.0206. The molecule has 0 aromatic heterocycles. The maximum atomic E-state index is 14.4. The molecule has 1 atom stereocenters. The van der Waals surface area contributed by atoms with Crippen LogP contribution in [0.25, 0.3) is 0 Å². The van der Waals surface area contributed by atoms with Gasteiger partial charge in [-0.25, -0.2) is 8.42 Å². The quantitative estimate of drug-likeness (QED) is 0.231. The van der Waals surface area contributed by atoms with Crippen LogP contribution in [0.5, 0.6) is 5.75 Å². The molecule has 0 aliphatic heterocycles. The van der Waals surface area contributed by atoms with Gasteiger partial charge in [0.1, 0.15) is 11.8 Å². The van der Waals surface area contributed by atoms with Gasteiger partial charge in [0, 0.05) is 17.7 Å². The third kappa shape index (κ3) is 6.39. The van der Waals surface area contributed by atoms with Gasteiger partial charge in [0.2, 0.25) is 10.0 Å². The molecular formula is C33H33NO6S. The van der Waals surface area contributed by atoms with Gasteiger partial charge >= 0.3 is 5.97 Å². The fourth-order valence-corrected chi connectivity index (χ4v) is 7.02. The molecule has 4 rings (SSSR count). The molecule has 0 spiro atoms. The Labute approximate surface area is 241 Å². The van der Waals surface area contributed by atoms with E-state index in [9.17, 15) is 23.1 Å². The number of carbonyl (C=O) groups excluding carboxylic acids is 1. The van der Waals surface area contributed by atoms with Crippen LogP contribution in [0, 0.1) is 20.8 Å². The predicted molar refractivity (Wildman–Crippen MR) is 158 cm³/mol. The van der Waals surface area contributed by atoms with Gasteiger partial charge in [-0.2, -0.15) is 4.31 Å². The molecule has 0 aliphatic rings. The van der Waals surface area contributed by atoms with Crippen molar-refractivity contribution in [1.29, 1.82) is 0 Å². The second kappa shape index (κ2) is 12.5. The number of ether oxygens (including phenoxy) is 1. The summed E-state index contributed by atoms with van der Waals surface area (Å²) in [5.41, 5.74) is 3.86. The zero-order valence-corrected chi connectivity index (χ0v) is 24.3. The summed E-state index contributed by atoms with van der Waals surface area (Å²) in [4.78, 5) is 25.6. The molecule has 0 saturated carbocycles. The molecule has 7 nitrogen and oxygen atoms in total. The minimum atomic E-state index is -4.31. The Morgan fingerprint density at radius 3 is 1.93 bits per heavy atom. The highest BCUT2D eigenvalue weighted by Crippen LogP contribution is 2.34. The van der Waals surface area contributed by atoms with E-state index in [2.05, 4.69) is 0 Å². The van der Waals surface area contributed by atoms with Gasteiger partial charge in [-0.3, -0.25) is 9.59 Å². The minimum Gasteiger partial charge on any atom is -0.496 e. The van der Waals surface area contributed by atoms with Gasteiger partial charge < -0.3 is 9.84 Å². The van der Waals surface area contributed by atoms with Crippen molar-refractivity contribution in [2.75, 3.05) is 7.11 Å². The first kappa shape index (κ1) is 29.7. The monoisotopic (exact) mass is 571 g/mol. The Bertz CT molecular complexity index is 1650. The third-order valence-electron chi connectivity index (χ3n) is 7.26. The molecule has 1 N–H and O–H groups in total. The lowest BCUT2D eigenvalue weighted by molar-refractivity contribution is -0.141. The fraction of sp³-hybridized carbons (Fsp3) is 0.212. The van der Waals surface area contributed by atoms with Crippen LogP contribution < -0.4 is 4.74 Å². The van der Waals surface area contributed by atoms with Crippen LogP contribution in [0.4, 0.5) is 0 Å². The standard InChI is InChI=1S/C33H33NO6S/c1-22-19-30(40-4)23(2)24(3)32(22)41(38,39)34(29(33(36)37)20-25-11-7-5-8-12-25)21-26-15-17-28(18-16-26)31(35)27-13-9-6-10-14-27/h5-19,29H,20-21H2,1-4H3,(H,36,37)/t29-/m0/s1. The van der Waals surface area contributed by atoms with E-state index in [1.165, 1.54) is 7.11 Å². The van der Waals surface area contributed by atoms with E-state index in [0.29, 0.717) is 44.7 Å². The summed E-state index contributed by atoms with van der Waals surface area (Å²) in [5, 5.41) is 10.3. The second-order valence-electron chi connectivity index (χ2n) is 9.96. The summed E-state index contributed by atoms with van der Waals surface area (Å²) < 4.78 is 35.3. The number of methoxy groups -OCH3 is 1. The first-order valence-corrected chi connectivity index (χ1v) is 14.6. The molecule has 41 heavy (non-hydrogen) atoms. The van der Waals surface area contributed by atoms with Crippen molar-refractivity contribution < 1.29 is 27.9 Å². The van der Waals surface area contributed by atoms with Gasteiger partial charge in [-0.15, -0.1) is 0 Å². The number of carboxylic acids is 1. The molecule has 8 heteroatoms. The van der Waals surface area contributed by atoms with Crippen LogP contribution in [0.15, 0.2) is 95.9 Å². The number of sulfonamides is 1. The smallest absolute Gasteiger partial charge is 0.322 e. The first-order valence-electron chi connectivity index (χ1n) is 13.2. The van der Waals surface area contributed by atoms with Gasteiger partial charge in [-0.05, 0) is 61.1 Å². The predicted octanol–water partition coefficient (Wildman–Crippen LogP) is 5.74. The van der Waals surface area contributed by atoms with Crippen LogP contribution in [0.1, 0.15) is 43.7 Å². The van der Waals surface area contributed by atoms with Crippen molar-refractivity contribution in [3.05, 3.63) is 130 Å². The number of rotatable bonds is 11. The molecule has 4 aromatic rings. The summed E-state index contributed by atoms with van der Waals surface area (Å²) in [5.74, 6) is -0.855. The molecule has 0 fully saturated rings. The van der Waals surface area contributed by atoms with Crippen LogP contribution in [0.2, 0.25) is 0 Å². The average molecular weight is 572 g/mol. The highest BCUT2D eigenvalue weighted by atomic mass is 32.2. The molecule has 4 aromatic carbocycles. The molecular weight excluding hydrogens is 538 g/mol. The lowest BCUT2D eigenvalue weighted by Crippen LogP contribution is -2.46. The Kier molecular flexibility index (Phi) is 9.05. The van der Waals surface area contributed by atoms with Crippen LogP contribution in [0.3, 0.4) is 0 Å². The van der Waals surface area contributed by atoms with Crippen LogP contribution >= 0.6 is 0 Å². The maximum absolute atomic E-state index is 14.4. The van der Waals surface area contributed by atoms with Gasteiger partial charge in [0.15, 0.2) is 5.78 Å². The Hall–Kier alpha value is -4.27. The topological polar surface area (TPSA) is 101 Å². The summed E-state index contributed by atoms with van der Waals surface area (Å²) in [6, 6.07) is 24.7. The largest absolute Gasteiger partial charge is 0.496 e. The van der Waals surface area contributed by atoms with E-state index in [-0.39, 0.29) is 23.6 Å². The lowest BCUT2D eigenvalue weighted by atomic mass is 10.0. The molecule has 0 aliphatic carbocycles. The molecule has 212 valence electrons. The first-order chi connectivity index (χ1) is 19.5. The number of nitrogens with zero attached hydrogens (tertiary/aromatic N) is 1. The van der Waals surface area contributed by atoms with Crippen LogP contribution in [-0.4, -0.2) is 42.7 Å². The number of ketones is 1. The highest BCUT2D eigenvalue weighted by molar-refractivity contribution is 7.89. The van der Waals surface area contributed by atoms with Gasteiger partial charge in [0.05, 0.1) is 12.0 Å². The van der Waals surface area contributed by atoms with Crippen molar-refractivity contribution in [2.45, 2.75) is 44.7 Å². The lowest BCUT2D eigenvalue weighted by Gasteiger charge is -2.30. The normalized spacial score (nSPS) is 12.2. The van der Waals surface area contributed by atoms with E-state index in [0.717, 1.165) is 4.31 Å².